The van der Waals surface area contributed by atoms with Crippen LogP contribution in [-0.4, -0.2) is 58.3 Å². The molecular formula is C23H34N2O3S. The van der Waals surface area contributed by atoms with Crippen molar-refractivity contribution < 1.29 is 14.3 Å². The van der Waals surface area contributed by atoms with E-state index in [4.69, 9.17) is 4.74 Å². The minimum atomic E-state index is -0.518. The molecule has 160 valence electrons. The summed E-state index contributed by atoms with van der Waals surface area (Å²) in [4.78, 5) is 31.1. The maximum atomic E-state index is 13.7. The standard InChI is InChI=1S/C23H34N2O3S/c1-6-29-19-10-8-7-9-18(19)20(26)25(15-17-11-12-17)23(5)13-14-24(16-23)21(27)28-22(2,3)4/h7-10,17H,6,11-16H2,1-5H3. The van der Waals surface area contributed by atoms with Crippen LogP contribution in [0.25, 0.3) is 0 Å². The summed E-state index contributed by atoms with van der Waals surface area (Å²) < 4.78 is 5.56. The summed E-state index contributed by atoms with van der Waals surface area (Å²) in [5.41, 5.74) is -0.117. The van der Waals surface area contributed by atoms with E-state index in [9.17, 15) is 9.59 Å². The van der Waals surface area contributed by atoms with E-state index in [0.29, 0.717) is 19.0 Å². The Balaban J connectivity index is 1.82. The van der Waals surface area contributed by atoms with Crippen molar-refractivity contribution >= 4 is 23.8 Å². The van der Waals surface area contributed by atoms with E-state index in [-0.39, 0.29) is 17.5 Å². The van der Waals surface area contributed by atoms with Gasteiger partial charge in [0.05, 0.1) is 11.1 Å². The van der Waals surface area contributed by atoms with Gasteiger partial charge in [-0.15, -0.1) is 11.8 Å². The van der Waals surface area contributed by atoms with Crippen molar-refractivity contribution in [3.8, 4) is 0 Å². The Hall–Kier alpha value is -1.69. The van der Waals surface area contributed by atoms with Crippen LogP contribution in [0.1, 0.15) is 64.2 Å². The van der Waals surface area contributed by atoms with Gasteiger partial charge in [-0.1, -0.05) is 19.1 Å². The minimum Gasteiger partial charge on any atom is -0.444 e. The smallest absolute Gasteiger partial charge is 0.410 e. The second-order valence-corrected chi connectivity index (χ2v) is 10.7. The molecule has 2 fully saturated rings. The number of rotatable bonds is 6. The number of amides is 2. The van der Waals surface area contributed by atoms with Crippen LogP contribution in [-0.2, 0) is 4.74 Å². The van der Waals surface area contributed by atoms with Crippen LogP contribution in [0.15, 0.2) is 29.2 Å². The van der Waals surface area contributed by atoms with Gasteiger partial charge in [0.1, 0.15) is 5.60 Å². The Morgan fingerprint density at radius 1 is 1.28 bits per heavy atom. The SMILES string of the molecule is CCSc1ccccc1C(=O)N(CC1CC1)C1(C)CCN(C(=O)OC(C)(C)C)C1. The molecule has 1 saturated carbocycles. The molecule has 1 saturated heterocycles. The van der Waals surface area contributed by atoms with E-state index >= 15 is 0 Å². The Bertz CT molecular complexity index is 757. The van der Waals surface area contributed by atoms with Gasteiger partial charge in [0, 0.05) is 24.5 Å². The first kappa shape index (κ1) is 22.0. The predicted octanol–water partition coefficient (Wildman–Crippen LogP) is 5.05. The van der Waals surface area contributed by atoms with Gasteiger partial charge in [0.15, 0.2) is 0 Å². The van der Waals surface area contributed by atoms with E-state index in [1.165, 1.54) is 12.8 Å². The maximum Gasteiger partial charge on any atom is 0.410 e. The summed E-state index contributed by atoms with van der Waals surface area (Å²) in [6.07, 6.45) is 2.84. The molecule has 1 atom stereocenters. The molecule has 0 bridgehead atoms. The highest BCUT2D eigenvalue weighted by Crippen LogP contribution is 2.37. The third-order valence-electron chi connectivity index (χ3n) is 5.56. The Labute approximate surface area is 179 Å². The fraction of sp³-hybridized carbons (Fsp3) is 0.652. The average molecular weight is 419 g/mol. The van der Waals surface area contributed by atoms with Gasteiger partial charge in [-0.3, -0.25) is 4.79 Å². The summed E-state index contributed by atoms with van der Waals surface area (Å²) in [5, 5.41) is 0. The second kappa shape index (κ2) is 8.58. The molecule has 0 aromatic heterocycles. The lowest BCUT2D eigenvalue weighted by atomic mass is 9.96. The summed E-state index contributed by atoms with van der Waals surface area (Å²) >= 11 is 1.70. The molecule has 1 aliphatic carbocycles. The van der Waals surface area contributed by atoms with Gasteiger partial charge in [0.25, 0.3) is 5.91 Å². The van der Waals surface area contributed by atoms with Crippen molar-refractivity contribution in [3.63, 3.8) is 0 Å². The molecule has 3 rings (SSSR count). The second-order valence-electron chi connectivity index (χ2n) is 9.44. The van der Waals surface area contributed by atoms with Gasteiger partial charge in [-0.05, 0) is 70.8 Å². The van der Waals surface area contributed by atoms with Crippen molar-refractivity contribution in [2.45, 2.75) is 69.9 Å². The molecule has 0 N–H and O–H groups in total. The van der Waals surface area contributed by atoms with Gasteiger partial charge in [-0.2, -0.15) is 0 Å². The molecule has 1 heterocycles. The van der Waals surface area contributed by atoms with Crippen LogP contribution in [0, 0.1) is 5.92 Å². The predicted molar refractivity (Wildman–Crippen MR) is 117 cm³/mol. The summed E-state index contributed by atoms with van der Waals surface area (Å²) in [6.45, 7) is 11.8. The lowest BCUT2D eigenvalue weighted by Gasteiger charge is -2.39. The molecule has 0 spiro atoms. The van der Waals surface area contributed by atoms with Crippen LogP contribution in [0.5, 0.6) is 0 Å². The highest BCUT2D eigenvalue weighted by Gasteiger charge is 2.45. The van der Waals surface area contributed by atoms with Crippen molar-refractivity contribution in [1.29, 1.82) is 0 Å². The summed E-state index contributed by atoms with van der Waals surface area (Å²) in [7, 11) is 0. The first-order valence-corrected chi connectivity index (χ1v) is 11.6. The highest BCUT2D eigenvalue weighted by atomic mass is 32.2. The number of hydrogen-bond donors (Lipinski definition) is 0. The molecule has 5 nitrogen and oxygen atoms in total. The fourth-order valence-corrected chi connectivity index (χ4v) is 4.62. The van der Waals surface area contributed by atoms with E-state index in [1.807, 2.05) is 49.9 Å². The van der Waals surface area contributed by atoms with Crippen LogP contribution in [0.4, 0.5) is 4.79 Å². The largest absolute Gasteiger partial charge is 0.444 e. The highest BCUT2D eigenvalue weighted by molar-refractivity contribution is 7.99. The summed E-state index contributed by atoms with van der Waals surface area (Å²) in [5.74, 6) is 1.59. The molecule has 0 radical (unpaired) electrons. The Kier molecular flexibility index (Phi) is 6.51. The number of benzene rings is 1. The fourth-order valence-electron chi connectivity index (χ4n) is 3.82. The van der Waals surface area contributed by atoms with Gasteiger partial charge >= 0.3 is 6.09 Å². The molecule has 1 aromatic carbocycles. The molecule has 1 unspecified atom stereocenters. The summed E-state index contributed by atoms with van der Waals surface area (Å²) in [6, 6.07) is 7.89. The third kappa shape index (κ3) is 5.47. The van der Waals surface area contributed by atoms with Crippen molar-refractivity contribution in [2.24, 2.45) is 5.92 Å². The number of likely N-dealkylation sites (tertiary alicyclic amines) is 1. The lowest BCUT2D eigenvalue weighted by Crippen LogP contribution is -2.53. The molecule has 29 heavy (non-hydrogen) atoms. The Morgan fingerprint density at radius 2 is 1.97 bits per heavy atom. The molecule has 1 aromatic rings. The molecule has 6 heteroatoms. The zero-order valence-corrected chi connectivity index (χ0v) is 19.2. The number of carbonyl (C=O) groups is 2. The number of carbonyl (C=O) groups excluding carboxylic acids is 2. The van der Waals surface area contributed by atoms with Crippen LogP contribution >= 0.6 is 11.8 Å². The number of nitrogens with zero attached hydrogens (tertiary/aromatic N) is 2. The van der Waals surface area contributed by atoms with Crippen molar-refractivity contribution in [2.75, 3.05) is 25.4 Å². The topological polar surface area (TPSA) is 49.9 Å². The number of hydrogen-bond acceptors (Lipinski definition) is 4. The van der Waals surface area contributed by atoms with E-state index in [2.05, 4.69) is 13.8 Å². The first-order valence-electron chi connectivity index (χ1n) is 10.6. The molecule has 1 aliphatic heterocycles. The van der Waals surface area contributed by atoms with E-state index < -0.39 is 5.60 Å². The normalized spacial score (nSPS) is 21.9. The lowest BCUT2D eigenvalue weighted by molar-refractivity contribution is 0.0233. The number of ether oxygens (including phenoxy) is 1. The van der Waals surface area contributed by atoms with E-state index in [1.54, 1.807) is 16.7 Å². The van der Waals surface area contributed by atoms with Gasteiger partial charge < -0.3 is 14.5 Å². The van der Waals surface area contributed by atoms with Crippen LogP contribution in [0.2, 0.25) is 0 Å². The zero-order valence-electron chi connectivity index (χ0n) is 18.4. The van der Waals surface area contributed by atoms with Gasteiger partial charge in [0.2, 0.25) is 0 Å². The van der Waals surface area contributed by atoms with Crippen LogP contribution in [0.3, 0.4) is 0 Å². The zero-order chi connectivity index (χ0) is 21.2. The average Bonchev–Trinajstić information content (AvgIpc) is 3.38. The number of thioether (sulfide) groups is 1. The van der Waals surface area contributed by atoms with Crippen LogP contribution < -0.4 is 0 Å². The monoisotopic (exact) mass is 418 g/mol. The quantitative estimate of drug-likeness (QED) is 0.607. The Morgan fingerprint density at radius 3 is 2.59 bits per heavy atom. The van der Waals surface area contributed by atoms with Crippen molar-refractivity contribution in [1.82, 2.24) is 9.80 Å². The molecular weight excluding hydrogens is 384 g/mol. The maximum absolute atomic E-state index is 13.7. The van der Waals surface area contributed by atoms with E-state index in [0.717, 1.165) is 29.2 Å². The molecule has 2 aliphatic rings. The van der Waals surface area contributed by atoms with Crippen molar-refractivity contribution in [3.05, 3.63) is 29.8 Å². The third-order valence-corrected chi connectivity index (χ3v) is 6.51. The first-order chi connectivity index (χ1) is 13.6. The van der Waals surface area contributed by atoms with Gasteiger partial charge in [-0.25, -0.2) is 4.79 Å². The molecule has 2 amide bonds. The minimum absolute atomic E-state index is 0.0852.